The van der Waals surface area contributed by atoms with E-state index in [0.29, 0.717) is 0 Å². The first kappa shape index (κ1) is 13.4. The monoisotopic (exact) mass is 255 g/mol. The highest BCUT2D eigenvalue weighted by molar-refractivity contribution is 5.65. The first-order chi connectivity index (χ1) is 9.24. The Balaban J connectivity index is 2.22. The molecule has 1 N–H and O–H groups in total. The molecule has 1 aromatic heterocycles. The number of pyridine rings is 1. The van der Waals surface area contributed by atoms with Crippen molar-refractivity contribution in [3.63, 3.8) is 0 Å². The Morgan fingerprint density at radius 2 is 1.79 bits per heavy atom. The van der Waals surface area contributed by atoms with Crippen molar-refractivity contribution in [2.45, 2.75) is 20.3 Å². The highest BCUT2D eigenvalue weighted by atomic mass is 15.1. The van der Waals surface area contributed by atoms with Gasteiger partial charge in [0.05, 0.1) is 0 Å². The lowest BCUT2D eigenvalue weighted by atomic mass is 10.1. The number of aromatic nitrogens is 1. The lowest BCUT2D eigenvalue weighted by Crippen LogP contribution is -2.10. The van der Waals surface area contributed by atoms with Crippen LogP contribution in [0.1, 0.15) is 19.4 Å². The van der Waals surface area contributed by atoms with Crippen LogP contribution in [-0.2, 0) is 6.42 Å². The van der Waals surface area contributed by atoms with Crippen molar-refractivity contribution < 1.29 is 0 Å². The Morgan fingerprint density at radius 1 is 1.05 bits per heavy atom. The summed E-state index contributed by atoms with van der Waals surface area (Å²) in [4.78, 5) is 6.46. The topological polar surface area (TPSA) is 28.2 Å². The van der Waals surface area contributed by atoms with Crippen LogP contribution < -0.4 is 10.2 Å². The second kappa shape index (κ2) is 6.23. The quantitative estimate of drug-likeness (QED) is 0.879. The van der Waals surface area contributed by atoms with Crippen LogP contribution in [0.2, 0.25) is 0 Å². The number of hydrogen-bond donors (Lipinski definition) is 1. The molecule has 0 aliphatic carbocycles. The van der Waals surface area contributed by atoms with E-state index in [9.17, 15) is 0 Å². The molecule has 1 aromatic carbocycles. The summed E-state index contributed by atoms with van der Waals surface area (Å²) in [5, 5.41) is 3.23. The molecular weight excluding hydrogens is 234 g/mol. The maximum Gasteiger partial charge on any atom is 0.127 e. The molecule has 3 heteroatoms. The highest BCUT2D eigenvalue weighted by Gasteiger charge is 2.05. The molecule has 0 saturated heterocycles. The van der Waals surface area contributed by atoms with E-state index in [4.69, 9.17) is 0 Å². The van der Waals surface area contributed by atoms with Crippen molar-refractivity contribution in [2.24, 2.45) is 0 Å². The van der Waals surface area contributed by atoms with Crippen LogP contribution in [0, 0.1) is 0 Å². The van der Waals surface area contributed by atoms with Gasteiger partial charge in [0.25, 0.3) is 0 Å². The SMILES string of the molecule is CCNc1cc(N(C)c2ccc(CC)cc2)ccn1. The zero-order valence-corrected chi connectivity index (χ0v) is 11.9. The summed E-state index contributed by atoms with van der Waals surface area (Å²) >= 11 is 0. The average Bonchev–Trinajstić information content (AvgIpc) is 2.47. The van der Waals surface area contributed by atoms with Gasteiger partial charge in [0.15, 0.2) is 0 Å². The van der Waals surface area contributed by atoms with Gasteiger partial charge in [0.2, 0.25) is 0 Å². The maximum atomic E-state index is 4.29. The molecule has 3 nitrogen and oxygen atoms in total. The van der Waals surface area contributed by atoms with Crippen LogP contribution in [0.4, 0.5) is 17.2 Å². The fourth-order valence-corrected chi connectivity index (χ4v) is 2.01. The van der Waals surface area contributed by atoms with Gasteiger partial charge in [0.1, 0.15) is 5.82 Å². The van der Waals surface area contributed by atoms with Gasteiger partial charge < -0.3 is 10.2 Å². The number of anilines is 3. The van der Waals surface area contributed by atoms with Crippen molar-refractivity contribution >= 4 is 17.2 Å². The second-order valence-electron chi connectivity index (χ2n) is 4.51. The number of hydrogen-bond acceptors (Lipinski definition) is 3. The van der Waals surface area contributed by atoms with Gasteiger partial charge in [-0.25, -0.2) is 4.98 Å². The molecule has 0 aliphatic rings. The zero-order valence-electron chi connectivity index (χ0n) is 11.9. The number of benzene rings is 1. The molecular formula is C16H21N3. The Morgan fingerprint density at radius 3 is 2.42 bits per heavy atom. The van der Waals surface area contributed by atoms with Gasteiger partial charge in [0, 0.05) is 37.2 Å². The third kappa shape index (κ3) is 3.25. The van der Waals surface area contributed by atoms with Crippen LogP contribution >= 0.6 is 0 Å². The maximum absolute atomic E-state index is 4.29. The standard InChI is InChI=1S/C16H21N3/c1-4-13-6-8-14(9-7-13)19(3)15-10-11-18-16(12-15)17-5-2/h6-12H,4-5H2,1-3H3,(H,17,18). The van der Waals surface area contributed by atoms with Gasteiger partial charge in [-0.2, -0.15) is 0 Å². The molecule has 19 heavy (non-hydrogen) atoms. The molecule has 0 atom stereocenters. The van der Waals surface area contributed by atoms with E-state index in [1.54, 1.807) is 0 Å². The first-order valence-corrected chi connectivity index (χ1v) is 6.77. The highest BCUT2D eigenvalue weighted by Crippen LogP contribution is 2.25. The molecule has 0 unspecified atom stereocenters. The van der Waals surface area contributed by atoms with E-state index in [1.165, 1.54) is 11.3 Å². The lowest BCUT2D eigenvalue weighted by molar-refractivity contribution is 1.12. The van der Waals surface area contributed by atoms with Crippen LogP contribution in [0.5, 0.6) is 0 Å². The fourth-order valence-electron chi connectivity index (χ4n) is 2.01. The lowest BCUT2D eigenvalue weighted by Gasteiger charge is -2.20. The normalized spacial score (nSPS) is 10.3. The molecule has 0 fully saturated rings. The van der Waals surface area contributed by atoms with Crippen molar-refractivity contribution in [1.82, 2.24) is 4.98 Å². The minimum atomic E-state index is 0.880. The minimum absolute atomic E-state index is 0.880. The molecule has 0 radical (unpaired) electrons. The number of aryl methyl sites for hydroxylation is 1. The second-order valence-corrected chi connectivity index (χ2v) is 4.51. The summed E-state index contributed by atoms with van der Waals surface area (Å²) in [7, 11) is 2.08. The van der Waals surface area contributed by atoms with Crippen molar-refractivity contribution in [1.29, 1.82) is 0 Å². The van der Waals surface area contributed by atoms with Gasteiger partial charge >= 0.3 is 0 Å². The van der Waals surface area contributed by atoms with E-state index in [2.05, 4.69) is 66.4 Å². The van der Waals surface area contributed by atoms with Crippen LogP contribution in [0.15, 0.2) is 42.6 Å². The van der Waals surface area contributed by atoms with E-state index in [1.807, 2.05) is 12.3 Å². The molecule has 0 spiro atoms. The predicted molar refractivity (Wildman–Crippen MR) is 82.3 cm³/mol. The largest absolute Gasteiger partial charge is 0.370 e. The molecule has 100 valence electrons. The van der Waals surface area contributed by atoms with Crippen molar-refractivity contribution in [3.8, 4) is 0 Å². The Hall–Kier alpha value is -2.03. The van der Waals surface area contributed by atoms with Crippen LogP contribution in [-0.4, -0.2) is 18.6 Å². The molecule has 1 heterocycles. The summed E-state index contributed by atoms with van der Waals surface area (Å²) in [5.74, 6) is 0.914. The molecule has 0 bridgehead atoms. The third-order valence-electron chi connectivity index (χ3n) is 3.22. The predicted octanol–water partition coefficient (Wildman–Crippen LogP) is 3.84. The van der Waals surface area contributed by atoms with Crippen LogP contribution in [0.3, 0.4) is 0 Å². The Kier molecular flexibility index (Phi) is 4.39. The zero-order chi connectivity index (χ0) is 13.7. The summed E-state index contributed by atoms with van der Waals surface area (Å²) in [6.45, 7) is 5.12. The Labute approximate surface area is 115 Å². The third-order valence-corrected chi connectivity index (χ3v) is 3.22. The number of nitrogens with zero attached hydrogens (tertiary/aromatic N) is 2. The Bertz CT molecular complexity index is 520. The van der Waals surface area contributed by atoms with E-state index >= 15 is 0 Å². The molecule has 0 amide bonds. The molecule has 2 rings (SSSR count). The summed E-state index contributed by atoms with van der Waals surface area (Å²) in [6, 6.07) is 12.8. The summed E-state index contributed by atoms with van der Waals surface area (Å²) < 4.78 is 0. The molecule has 2 aromatic rings. The first-order valence-electron chi connectivity index (χ1n) is 6.77. The van der Waals surface area contributed by atoms with Gasteiger partial charge in [-0.3, -0.25) is 0 Å². The number of rotatable bonds is 5. The summed E-state index contributed by atoms with van der Waals surface area (Å²) in [6.07, 6.45) is 2.91. The average molecular weight is 255 g/mol. The van der Waals surface area contributed by atoms with Gasteiger partial charge in [-0.15, -0.1) is 0 Å². The van der Waals surface area contributed by atoms with Crippen molar-refractivity contribution in [2.75, 3.05) is 23.8 Å². The van der Waals surface area contributed by atoms with Crippen molar-refractivity contribution in [3.05, 3.63) is 48.2 Å². The van der Waals surface area contributed by atoms with E-state index in [0.717, 1.165) is 24.5 Å². The summed E-state index contributed by atoms with van der Waals surface area (Å²) in [5.41, 5.74) is 3.68. The van der Waals surface area contributed by atoms with Gasteiger partial charge in [-0.05, 0) is 37.1 Å². The van der Waals surface area contributed by atoms with E-state index in [-0.39, 0.29) is 0 Å². The van der Waals surface area contributed by atoms with E-state index < -0.39 is 0 Å². The molecule has 0 saturated carbocycles. The molecule has 0 aliphatic heterocycles. The van der Waals surface area contributed by atoms with Crippen LogP contribution in [0.25, 0.3) is 0 Å². The minimum Gasteiger partial charge on any atom is -0.370 e. The fraction of sp³-hybridized carbons (Fsp3) is 0.312. The number of nitrogens with one attached hydrogen (secondary N) is 1. The van der Waals surface area contributed by atoms with Gasteiger partial charge in [-0.1, -0.05) is 19.1 Å². The smallest absolute Gasteiger partial charge is 0.127 e.